The van der Waals surface area contributed by atoms with Gasteiger partial charge in [-0.05, 0) is 44.4 Å². The molecular weight excluding hydrogens is 264 g/mol. The highest BCUT2D eigenvalue weighted by atomic mass is 16.5. The maximum Gasteiger partial charge on any atom is 0.252 e. The second-order valence-electron chi connectivity index (χ2n) is 5.37. The molecular formula is C17H22N2O2. The van der Waals surface area contributed by atoms with Crippen LogP contribution in [0.25, 0.3) is 0 Å². The molecule has 0 bridgehead atoms. The molecule has 0 aromatic heterocycles. The van der Waals surface area contributed by atoms with Crippen LogP contribution in [0, 0.1) is 18.8 Å². The third-order valence-electron chi connectivity index (χ3n) is 3.63. The minimum atomic E-state index is -0.112. The number of ether oxygens (including phenoxy) is 1. The molecule has 1 fully saturated rings. The lowest BCUT2D eigenvalue weighted by molar-refractivity contribution is 0.0712. The second kappa shape index (κ2) is 7.26. The number of benzene rings is 1. The first kappa shape index (κ1) is 15.6. The van der Waals surface area contributed by atoms with Crippen LogP contribution in [-0.2, 0) is 4.74 Å². The van der Waals surface area contributed by atoms with Crippen molar-refractivity contribution in [1.82, 2.24) is 5.32 Å². The zero-order chi connectivity index (χ0) is 15.2. The summed E-state index contributed by atoms with van der Waals surface area (Å²) in [6.45, 7) is 5.02. The molecule has 2 rings (SSSR count). The average molecular weight is 286 g/mol. The van der Waals surface area contributed by atoms with Crippen LogP contribution >= 0.6 is 0 Å². The molecule has 0 aliphatic carbocycles. The first-order valence-electron chi connectivity index (χ1n) is 7.34. The van der Waals surface area contributed by atoms with E-state index in [1.54, 1.807) is 0 Å². The Morgan fingerprint density at radius 2 is 2.38 bits per heavy atom. The highest BCUT2D eigenvalue weighted by molar-refractivity contribution is 5.97. The Morgan fingerprint density at radius 3 is 3.05 bits per heavy atom. The number of aryl methyl sites for hydroxylation is 1. The molecule has 1 aliphatic rings. The van der Waals surface area contributed by atoms with Crippen molar-refractivity contribution in [3.63, 3.8) is 0 Å². The zero-order valence-corrected chi connectivity index (χ0v) is 12.6. The van der Waals surface area contributed by atoms with Gasteiger partial charge in [0.15, 0.2) is 0 Å². The fourth-order valence-electron chi connectivity index (χ4n) is 2.48. The van der Waals surface area contributed by atoms with E-state index in [0.717, 1.165) is 30.6 Å². The van der Waals surface area contributed by atoms with E-state index in [9.17, 15) is 4.79 Å². The molecule has 4 nitrogen and oxygen atoms in total. The topological polar surface area (TPSA) is 64.3 Å². The van der Waals surface area contributed by atoms with E-state index in [-0.39, 0.29) is 24.6 Å². The molecule has 1 amide bonds. The summed E-state index contributed by atoms with van der Waals surface area (Å²) in [4.78, 5) is 12.4. The van der Waals surface area contributed by atoms with E-state index in [4.69, 9.17) is 10.5 Å². The lowest BCUT2D eigenvalue weighted by Gasteiger charge is -2.20. The fraction of sp³-hybridized carbons (Fsp3) is 0.471. The van der Waals surface area contributed by atoms with E-state index in [1.165, 1.54) is 0 Å². The third-order valence-corrected chi connectivity index (χ3v) is 3.63. The molecule has 1 saturated heterocycles. The van der Waals surface area contributed by atoms with Gasteiger partial charge in [-0.3, -0.25) is 4.79 Å². The van der Waals surface area contributed by atoms with Crippen molar-refractivity contribution in [3.05, 3.63) is 34.9 Å². The Labute approximate surface area is 126 Å². The first-order valence-corrected chi connectivity index (χ1v) is 7.34. The van der Waals surface area contributed by atoms with E-state index in [2.05, 4.69) is 17.2 Å². The van der Waals surface area contributed by atoms with Crippen LogP contribution in [0.3, 0.4) is 0 Å². The van der Waals surface area contributed by atoms with Crippen LogP contribution in [0.1, 0.15) is 41.3 Å². The van der Waals surface area contributed by atoms with Crippen LogP contribution in [-0.4, -0.2) is 31.2 Å². The molecule has 1 aliphatic heterocycles. The van der Waals surface area contributed by atoms with Crippen molar-refractivity contribution < 1.29 is 9.53 Å². The predicted molar refractivity (Wildman–Crippen MR) is 83.0 cm³/mol. The normalized spacial score (nSPS) is 18.7. The number of hydrogen-bond acceptors (Lipinski definition) is 3. The van der Waals surface area contributed by atoms with Crippen molar-refractivity contribution in [1.29, 1.82) is 0 Å². The van der Waals surface area contributed by atoms with Gasteiger partial charge >= 0.3 is 0 Å². The molecule has 2 atom stereocenters. The van der Waals surface area contributed by atoms with Gasteiger partial charge in [0.25, 0.3) is 5.91 Å². The monoisotopic (exact) mass is 286 g/mol. The van der Waals surface area contributed by atoms with Crippen LogP contribution in [0.4, 0.5) is 0 Å². The number of hydrogen-bond donors (Lipinski definition) is 2. The number of amides is 1. The maximum atomic E-state index is 12.4. The number of carbonyl (C=O) groups is 1. The van der Waals surface area contributed by atoms with Crippen LogP contribution in [0.2, 0.25) is 0 Å². The maximum absolute atomic E-state index is 12.4. The molecule has 0 spiro atoms. The van der Waals surface area contributed by atoms with E-state index in [0.29, 0.717) is 5.56 Å². The standard InChI is InChI=1S/C17H22N2O2/c1-12-7-8-15(14(11-12)5-3-9-18)17(20)19-13(2)16-6-4-10-21-16/h7-8,11,13,16H,4,6,9-10,18H2,1-2H3,(H,19,20). The minimum absolute atomic E-state index is 0.00313. The van der Waals surface area contributed by atoms with E-state index >= 15 is 0 Å². The Hall–Kier alpha value is -1.83. The quantitative estimate of drug-likeness (QED) is 0.830. The molecule has 1 heterocycles. The Kier molecular flexibility index (Phi) is 5.38. The Bertz CT molecular complexity index is 566. The SMILES string of the molecule is Cc1ccc(C(=O)NC(C)C2CCCO2)c(C#CCN)c1. The van der Waals surface area contributed by atoms with Gasteiger partial charge in [0, 0.05) is 12.2 Å². The minimum Gasteiger partial charge on any atom is -0.376 e. The van der Waals surface area contributed by atoms with Gasteiger partial charge in [-0.1, -0.05) is 17.9 Å². The summed E-state index contributed by atoms with van der Waals surface area (Å²) in [7, 11) is 0. The molecule has 1 aromatic carbocycles. The van der Waals surface area contributed by atoms with Gasteiger partial charge in [0.2, 0.25) is 0 Å². The lowest BCUT2D eigenvalue weighted by atomic mass is 10.0. The van der Waals surface area contributed by atoms with Crippen LogP contribution in [0.15, 0.2) is 18.2 Å². The van der Waals surface area contributed by atoms with Gasteiger partial charge in [-0.15, -0.1) is 0 Å². The summed E-state index contributed by atoms with van der Waals surface area (Å²) >= 11 is 0. The van der Waals surface area contributed by atoms with Crippen LogP contribution in [0.5, 0.6) is 0 Å². The van der Waals surface area contributed by atoms with Crippen molar-refractivity contribution in [2.45, 2.75) is 38.8 Å². The zero-order valence-electron chi connectivity index (χ0n) is 12.6. The third kappa shape index (κ3) is 4.07. The van der Waals surface area contributed by atoms with Gasteiger partial charge in [0.05, 0.1) is 24.3 Å². The largest absolute Gasteiger partial charge is 0.376 e. The molecule has 112 valence electrons. The smallest absolute Gasteiger partial charge is 0.252 e. The summed E-state index contributed by atoms with van der Waals surface area (Å²) in [5.41, 5.74) is 7.79. The molecule has 2 unspecified atom stereocenters. The summed E-state index contributed by atoms with van der Waals surface area (Å²) in [5, 5.41) is 3.01. The molecule has 3 N–H and O–H groups in total. The highest BCUT2D eigenvalue weighted by Gasteiger charge is 2.24. The fourth-order valence-corrected chi connectivity index (χ4v) is 2.48. The highest BCUT2D eigenvalue weighted by Crippen LogP contribution is 2.17. The van der Waals surface area contributed by atoms with Crippen molar-refractivity contribution in [2.75, 3.05) is 13.2 Å². The number of nitrogens with two attached hydrogens (primary N) is 1. The average Bonchev–Trinajstić information content (AvgIpc) is 2.99. The van der Waals surface area contributed by atoms with Gasteiger partial charge in [-0.2, -0.15) is 0 Å². The summed E-state index contributed by atoms with van der Waals surface area (Å²) in [6, 6.07) is 5.64. The van der Waals surface area contributed by atoms with Gasteiger partial charge in [-0.25, -0.2) is 0 Å². The molecule has 4 heteroatoms. The van der Waals surface area contributed by atoms with Gasteiger partial charge < -0.3 is 15.8 Å². The number of rotatable bonds is 3. The Balaban J connectivity index is 2.14. The van der Waals surface area contributed by atoms with E-state index in [1.807, 2.05) is 32.0 Å². The van der Waals surface area contributed by atoms with Crippen LogP contribution < -0.4 is 11.1 Å². The predicted octanol–water partition coefficient (Wildman–Crippen LogP) is 1.60. The van der Waals surface area contributed by atoms with Gasteiger partial charge in [0.1, 0.15) is 0 Å². The lowest BCUT2D eigenvalue weighted by Crippen LogP contribution is -2.41. The number of nitrogens with one attached hydrogen (secondary N) is 1. The van der Waals surface area contributed by atoms with Crippen molar-refractivity contribution in [2.24, 2.45) is 5.73 Å². The summed E-state index contributed by atoms with van der Waals surface area (Å²) in [5.74, 6) is 5.67. The molecule has 0 radical (unpaired) electrons. The summed E-state index contributed by atoms with van der Waals surface area (Å²) in [6.07, 6.45) is 2.16. The van der Waals surface area contributed by atoms with E-state index < -0.39 is 0 Å². The molecule has 1 aromatic rings. The molecule has 0 saturated carbocycles. The van der Waals surface area contributed by atoms with Crippen molar-refractivity contribution in [3.8, 4) is 11.8 Å². The van der Waals surface area contributed by atoms with Crippen molar-refractivity contribution >= 4 is 5.91 Å². The Morgan fingerprint density at radius 1 is 1.57 bits per heavy atom. The first-order chi connectivity index (χ1) is 10.1. The summed E-state index contributed by atoms with van der Waals surface area (Å²) < 4.78 is 5.61. The number of carbonyl (C=O) groups excluding carboxylic acids is 1. The second-order valence-corrected chi connectivity index (χ2v) is 5.37. The molecule has 21 heavy (non-hydrogen) atoms.